The first-order valence-corrected chi connectivity index (χ1v) is 15.7. The molecule has 0 heterocycles. The first-order chi connectivity index (χ1) is 18.5. The third-order valence-corrected chi connectivity index (χ3v) is 6.83. The minimum atomic E-state index is -0.763. The molecular formula is C33H60O5. The predicted octanol–water partition coefficient (Wildman–Crippen LogP) is 9.03. The molecule has 0 spiro atoms. The number of rotatable bonds is 27. The number of allylic oxidation sites excluding steroid dienone is 4. The highest BCUT2D eigenvalue weighted by atomic mass is 16.5. The molecule has 0 unspecified atom stereocenters. The lowest BCUT2D eigenvalue weighted by Gasteiger charge is -2.26. The summed E-state index contributed by atoms with van der Waals surface area (Å²) < 4.78 is 10.8. The smallest absolute Gasteiger partial charge is 0.305 e. The Labute approximate surface area is 234 Å². The molecule has 0 radical (unpaired) electrons. The van der Waals surface area contributed by atoms with Crippen LogP contribution in [0.2, 0.25) is 0 Å². The van der Waals surface area contributed by atoms with Crippen LogP contribution in [0.3, 0.4) is 0 Å². The summed E-state index contributed by atoms with van der Waals surface area (Å²) in [6, 6.07) is 0. The fourth-order valence-electron chi connectivity index (χ4n) is 4.03. The van der Waals surface area contributed by atoms with Gasteiger partial charge in [0.2, 0.25) is 0 Å². The van der Waals surface area contributed by atoms with Crippen LogP contribution in [0.25, 0.3) is 0 Å². The van der Waals surface area contributed by atoms with Gasteiger partial charge in [-0.2, -0.15) is 0 Å². The highest BCUT2D eigenvalue weighted by molar-refractivity contribution is 5.69. The Balaban J connectivity index is 3.77. The van der Waals surface area contributed by atoms with Gasteiger partial charge in [-0.25, -0.2) is 0 Å². The van der Waals surface area contributed by atoms with E-state index in [1.807, 2.05) is 0 Å². The van der Waals surface area contributed by atoms with Crippen molar-refractivity contribution in [2.75, 3.05) is 19.8 Å². The number of esters is 2. The van der Waals surface area contributed by atoms with Crippen LogP contribution in [0, 0.1) is 5.41 Å². The maximum Gasteiger partial charge on any atom is 0.305 e. The molecule has 0 aromatic rings. The molecule has 0 aromatic carbocycles. The van der Waals surface area contributed by atoms with Gasteiger partial charge in [-0.3, -0.25) is 9.59 Å². The minimum Gasteiger partial charge on any atom is -0.465 e. The monoisotopic (exact) mass is 536 g/mol. The van der Waals surface area contributed by atoms with Gasteiger partial charge in [0.25, 0.3) is 0 Å². The van der Waals surface area contributed by atoms with E-state index in [1.165, 1.54) is 64.2 Å². The number of ether oxygens (including phenoxy) is 2. The summed E-state index contributed by atoms with van der Waals surface area (Å²) in [5, 5.41) is 9.77. The molecule has 222 valence electrons. The third-order valence-electron chi connectivity index (χ3n) is 6.83. The van der Waals surface area contributed by atoms with Crippen molar-refractivity contribution in [3.63, 3.8) is 0 Å². The molecule has 0 aliphatic carbocycles. The second kappa shape index (κ2) is 27.0. The lowest BCUT2D eigenvalue weighted by Crippen LogP contribution is -2.35. The third kappa shape index (κ3) is 24.7. The fourth-order valence-corrected chi connectivity index (χ4v) is 4.03. The number of unbranched alkanes of at least 4 members (excludes halogenated alkanes) is 14. The van der Waals surface area contributed by atoms with Gasteiger partial charge in [0.1, 0.15) is 13.2 Å². The van der Waals surface area contributed by atoms with E-state index < -0.39 is 5.41 Å². The molecule has 0 fully saturated rings. The zero-order valence-electron chi connectivity index (χ0n) is 25.2. The second-order valence-corrected chi connectivity index (χ2v) is 11.1. The first kappa shape index (κ1) is 36.4. The van der Waals surface area contributed by atoms with Crippen LogP contribution in [0.4, 0.5) is 0 Å². The van der Waals surface area contributed by atoms with E-state index in [9.17, 15) is 14.7 Å². The molecule has 0 saturated carbocycles. The van der Waals surface area contributed by atoms with Gasteiger partial charge in [0.05, 0.1) is 12.0 Å². The van der Waals surface area contributed by atoms with Gasteiger partial charge in [0.15, 0.2) is 0 Å². The highest BCUT2D eigenvalue weighted by Gasteiger charge is 2.27. The molecule has 1 N–H and O–H groups in total. The number of carbonyl (C=O) groups excluding carboxylic acids is 2. The van der Waals surface area contributed by atoms with Crippen molar-refractivity contribution in [2.24, 2.45) is 5.41 Å². The van der Waals surface area contributed by atoms with E-state index >= 15 is 0 Å². The first-order valence-electron chi connectivity index (χ1n) is 15.7. The van der Waals surface area contributed by atoms with Gasteiger partial charge in [-0.05, 0) is 51.4 Å². The minimum absolute atomic E-state index is 0.0624. The summed E-state index contributed by atoms with van der Waals surface area (Å²) in [6.07, 6.45) is 30.4. The van der Waals surface area contributed by atoms with E-state index in [0.29, 0.717) is 12.8 Å². The topological polar surface area (TPSA) is 72.8 Å². The van der Waals surface area contributed by atoms with E-state index in [2.05, 4.69) is 38.2 Å². The second-order valence-electron chi connectivity index (χ2n) is 11.1. The lowest BCUT2D eigenvalue weighted by atomic mass is 9.94. The van der Waals surface area contributed by atoms with E-state index in [4.69, 9.17) is 9.47 Å². The lowest BCUT2D eigenvalue weighted by molar-refractivity contribution is -0.155. The van der Waals surface area contributed by atoms with Crippen molar-refractivity contribution in [3.05, 3.63) is 24.3 Å². The van der Waals surface area contributed by atoms with Crippen molar-refractivity contribution in [1.29, 1.82) is 0 Å². The molecule has 5 heteroatoms. The number of aliphatic hydroxyl groups is 1. The maximum atomic E-state index is 12.1. The number of hydrogen-bond acceptors (Lipinski definition) is 5. The Morgan fingerprint density at radius 1 is 0.579 bits per heavy atom. The zero-order valence-corrected chi connectivity index (χ0v) is 25.2. The van der Waals surface area contributed by atoms with E-state index in [1.54, 1.807) is 6.92 Å². The van der Waals surface area contributed by atoms with Crippen molar-refractivity contribution in [3.8, 4) is 0 Å². The van der Waals surface area contributed by atoms with Gasteiger partial charge in [-0.15, -0.1) is 0 Å². The molecule has 0 aliphatic rings. The van der Waals surface area contributed by atoms with Crippen LogP contribution in [-0.4, -0.2) is 36.9 Å². The number of hydrogen-bond donors (Lipinski definition) is 1. The largest absolute Gasteiger partial charge is 0.465 e. The van der Waals surface area contributed by atoms with Crippen molar-refractivity contribution in [2.45, 2.75) is 149 Å². The van der Waals surface area contributed by atoms with Crippen molar-refractivity contribution < 1.29 is 24.2 Å². The van der Waals surface area contributed by atoms with Crippen LogP contribution < -0.4 is 0 Å². The quantitative estimate of drug-likeness (QED) is 0.0644. The van der Waals surface area contributed by atoms with Crippen LogP contribution in [-0.2, 0) is 19.1 Å². The van der Waals surface area contributed by atoms with E-state index in [-0.39, 0.29) is 31.8 Å². The van der Waals surface area contributed by atoms with Crippen LogP contribution in [0.5, 0.6) is 0 Å². The van der Waals surface area contributed by atoms with Crippen LogP contribution >= 0.6 is 0 Å². The summed E-state index contributed by atoms with van der Waals surface area (Å²) in [4.78, 5) is 24.2. The molecule has 38 heavy (non-hydrogen) atoms. The van der Waals surface area contributed by atoms with Gasteiger partial charge in [-0.1, -0.05) is 109 Å². The molecule has 5 nitrogen and oxygen atoms in total. The summed E-state index contributed by atoms with van der Waals surface area (Å²) in [5.74, 6) is -0.488. The number of carbonyl (C=O) groups is 2. The highest BCUT2D eigenvalue weighted by Crippen LogP contribution is 2.18. The van der Waals surface area contributed by atoms with Crippen LogP contribution in [0.15, 0.2) is 24.3 Å². The van der Waals surface area contributed by atoms with Gasteiger partial charge in [0, 0.05) is 12.8 Å². The zero-order chi connectivity index (χ0) is 28.2. The summed E-state index contributed by atoms with van der Waals surface area (Å²) >= 11 is 0. The van der Waals surface area contributed by atoms with Gasteiger partial charge < -0.3 is 14.6 Å². The Kier molecular flexibility index (Phi) is 25.8. The summed E-state index contributed by atoms with van der Waals surface area (Å²) in [7, 11) is 0. The molecular weight excluding hydrogens is 476 g/mol. The van der Waals surface area contributed by atoms with Crippen LogP contribution in [0.1, 0.15) is 149 Å². The molecule has 0 saturated heterocycles. The molecule has 0 atom stereocenters. The summed E-state index contributed by atoms with van der Waals surface area (Å²) in [5.41, 5.74) is -0.763. The molecule has 0 amide bonds. The van der Waals surface area contributed by atoms with Crippen molar-refractivity contribution in [1.82, 2.24) is 0 Å². The molecule has 0 aromatic heterocycles. The average Bonchev–Trinajstić information content (AvgIpc) is 2.92. The van der Waals surface area contributed by atoms with Gasteiger partial charge >= 0.3 is 11.9 Å². The number of aliphatic hydroxyl groups excluding tert-OH is 1. The average molecular weight is 537 g/mol. The predicted molar refractivity (Wildman–Crippen MR) is 159 cm³/mol. The Morgan fingerprint density at radius 2 is 0.921 bits per heavy atom. The standard InChI is InChI=1S/C33H60O5/c1-4-6-8-10-12-14-16-18-20-22-24-26-31(35)37-29-33(3,28-34)30-38-32(36)27-25-23-21-19-17-15-13-11-9-7-5-2/h10-13,34H,4-9,14-30H2,1-3H3/b12-10-,13-11-. The Hall–Kier alpha value is -1.62. The maximum absolute atomic E-state index is 12.1. The van der Waals surface area contributed by atoms with E-state index in [0.717, 1.165) is 51.4 Å². The Morgan fingerprint density at radius 3 is 1.29 bits per heavy atom. The Bertz CT molecular complexity index is 563. The SMILES string of the molecule is CCCC/C=C\CCCCCCCC(=O)OCC(C)(CO)COC(=O)CCCCCCC/C=C\CCCC. The van der Waals surface area contributed by atoms with Crippen molar-refractivity contribution >= 4 is 11.9 Å². The molecule has 0 aliphatic heterocycles. The summed E-state index contributed by atoms with van der Waals surface area (Å²) in [6.45, 7) is 6.13. The fraction of sp³-hybridized carbons (Fsp3) is 0.818. The molecule has 0 rings (SSSR count). The molecule has 0 bridgehead atoms. The normalized spacial score (nSPS) is 12.0.